The fourth-order valence-corrected chi connectivity index (χ4v) is 3.05. The van der Waals surface area contributed by atoms with Gasteiger partial charge in [0, 0.05) is 16.7 Å². The van der Waals surface area contributed by atoms with Gasteiger partial charge >= 0.3 is 0 Å². The fourth-order valence-electron chi connectivity index (χ4n) is 3.05. The molecule has 1 aromatic heterocycles. The third kappa shape index (κ3) is 2.67. The maximum atomic E-state index is 12.9. The van der Waals surface area contributed by atoms with Crippen LogP contribution in [0, 0.1) is 11.3 Å². The Labute approximate surface area is 153 Å². The molecule has 0 fully saturated rings. The van der Waals surface area contributed by atoms with E-state index in [2.05, 4.69) is 15.5 Å². The topological polar surface area (TPSA) is 118 Å². The van der Waals surface area contributed by atoms with Crippen molar-refractivity contribution in [3.05, 3.63) is 76.9 Å². The van der Waals surface area contributed by atoms with Crippen LogP contribution in [0.5, 0.6) is 0 Å². The zero-order chi connectivity index (χ0) is 19.0. The second kappa shape index (κ2) is 6.31. The molecule has 0 bridgehead atoms. The molecule has 1 N–H and O–H groups in total. The number of rotatable bonds is 3. The molecule has 2 aromatic carbocycles. The van der Waals surface area contributed by atoms with E-state index in [4.69, 9.17) is 5.26 Å². The van der Waals surface area contributed by atoms with Crippen LogP contribution in [0.1, 0.15) is 37.7 Å². The molecule has 0 saturated heterocycles. The van der Waals surface area contributed by atoms with Crippen molar-refractivity contribution < 1.29 is 14.4 Å². The molecule has 8 nitrogen and oxygen atoms in total. The highest BCUT2D eigenvalue weighted by Gasteiger charge is 2.31. The van der Waals surface area contributed by atoms with Gasteiger partial charge in [-0.05, 0) is 6.07 Å². The highest BCUT2D eigenvalue weighted by Crippen LogP contribution is 2.31. The molecule has 0 atom stereocenters. The maximum absolute atomic E-state index is 12.9. The summed E-state index contributed by atoms with van der Waals surface area (Å²) in [6, 6.07) is 13.1. The number of ketones is 2. The van der Waals surface area contributed by atoms with E-state index in [1.54, 1.807) is 42.5 Å². The molecule has 0 aliphatic heterocycles. The van der Waals surface area contributed by atoms with Crippen LogP contribution in [0.4, 0.5) is 5.69 Å². The van der Waals surface area contributed by atoms with Gasteiger partial charge in [0.15, 0.2) is 11.6 Å². The number of carbonyl (C=O) groups excluding carboxylic acids is 3. The average Bonchev–Trinajstić information content (AvgIpc) is 3.13. The van der Waals surface area contributed by atoms with Crippen LogP contribution in [0.15, 0.2) is 48.8 Å². The van der Waals surface area contributed by atoms with Gasteiger partial charge in [-0.25, -0.2) is 0 Å². The quantitative estimate of drug-likeness (QED) is 0.594. The van der Waals surface area contributed by atoms with Crippen molar-refractivity contribution in [1.29, 1.82) is 5.26 Å². The highest BCUT2D eigenvalue weighted by molar-refractivity contribution is 6.30. The largest absolute Gasteiger partial charge is 0.324 e. The molecule has 130 valence electrons. The van der Waals surface area contributed by atoms with E-state index >= 15 is 0 Å². The lowest BCUT2D eigenvalue weighted by molar-refractivity contribution is -0.116. The predicted octanol–water partition coefficient (Wildman–Crippen LogP) is 1.56. The molecule has 4 rings (SSSR count). The molecule has 0 spiro atoms. The lowest BCUT2D eigenvalue weighted by atomic mass is 9.83. The van der Waals surface area contributed by atoms with E-state index in [0.717, 1.165) is 0 Å². The number of anilines is 1. The van der Waals surface area contributed by atoms with Crippen molar-refractivity contribution in [3.8, 4) is 6.07 Å². The minimum atomic E-state index is -0.473. The van der Waals surface area contributed by atoms with Crippen molar-refractivity contribution in [2.45, 2.75) is 6.54 Å². The summed E-state index contributed by atoms with van der Waals surface area (Å²) in [5.74, 6) is -1.06. The number of nitrogens with zero attached hydrogens (tertiary/aromatic N) is 4. The number of nitriles is 1. The zero-order valence-electron chi connectivity index (χ0n) is 13.8. The Bertz CT molecular complexity index is 1160. The monoisotopic (exact) mass is 357 g/mol. The maximum Gasteiger partial charge on any atom is 0.244 e. The van der Waals surface area contributed by atoms with Crippen LogP contribution in [0.3, 0.4) is 0 Å². The first kappa shape index (κ1) is 16.4. The summed E-state index contributed by atoms with van der Waals surface area (Å²) in [6.45, 7) is -0.196. The van der Waals surface area contributed by atoms with Crippen LogP contribution in [0.2, 0.25) is 0 Å². The molecule has 0 unspecified atom stereocenters. The van der Waals surface area contributed by atoms with Gasteiger partial charge in [-0.1, -0.05) is 36.4 Å². The molecule has 0 radical (unpaired) electrons. The van der Waals surface area contributed by atoms with Crippen molar-refractivity contribution >= 4 is 23.2 Å². The molecule has 0 saturated carbocycles. The van der Waals surface area contributed by atoms with Gasteiger partial charge in [-0.3, -0.25) is 19.0 Å². The second-order valence-corrected chi connectivity index (χ2v) is 5.87. The lowest BCUT2D eigenvalue weighted by Crippen LogP contribution is -2.25. The summed E-state index contributed by atoms with van der Waals surface area (Å²) < 4.78 is 1.28. The molecule has 1 aliphatic carbocycles. The number of carbonyl (C=O) groups is 3. The van der Waals surface area contributed by atoms with Crippen molar-refractivity contribution in [1.82, 2.24) is 14.8 Å². The lowest BCUT2D eigenvalue weighted by Gasteiger charge is -2.20. The van der Waals surface area contributed by atoms with Gasteiger partial charge in [0.2, 0.25) is 11.7 Å². The number of nitrogens with one attached hydrogen (secondary N) is 1. The Hall–Kier alpha value is -4.12. The Kier molecular flexibility index (Phi) is 3.82. The molecular weight excluding hydrogens is 346 g/mol. The van der Waals surface area contributed by atoms with E-state index in [-0.39, 0.29) is 40.7 Å². The summed E-state index contributed by atoms with van der Waals surface area (Å²) in [5.41, 5.74) is 1.32. The molecule has 8 heteroatoms. The van der Waals surface area contributed by atoms with Gasteiger partial charge in [0.25, 0.3) is 0 Å². The summed E-state index contributed by atoms with van der Waals surface area (Å²) in [5, 5.41) is 18.7. The number of hydrogen-bond donors (Lipinski definition) is 1. The number of amides is 1. The summed E-state index contributed by atoms with van der Waals surface area (Å²) in [6.07, 6.45) is 1.27. The standard InChI is InChI=1S/C19H11N5O3/c20-8-15-23-21-10-24(15)9-16(25)22-14-7-3-6-13-17(14)19(27)12-5-2-1-4-11(12)18(13)26/h1-7,10H,9H2,(H,22,25). The zero-order valence-corrected chi connectivity index (χ0v) is 13.8. The molecule has 1 amide bonds. The van der Waals surface area contributed by atoms with Gasteiger partial charge in [0.05, 0.1) is 11.3 Å². The number of aromatic nitrogens is 3. The first-order valence-electron chi connectivity index (χ1n) is 7.99. The Morgan fingerprint density at radius 2 is 1.74 bits per heavy atom. The Morgan fingerprint density at radius 3 is 2.48 bits per heavy atom. The summed E-state index contributed by atoms with van der Waals surface area (Å²) in [7, 11) is 0. The van der Waals surface area contributed by atoms with Gasteiger partial charge in [-0.2, -0.15) is 5.26 Å². The highest BCUT2D eigenvalue weighted by atomic mass is 16.2. The van der Waals surface area contributed by atoms with Gasteiger partial charge in [0.1, 0.15) is 18.9 Å². The molecule has 3 aromatic rings. The third-order valence-corrected chi connectivity index (χ3v) is 4.26. The van der Waals surface area contributed by atoms with E-state index in [1.165, 1.54) is 10.9 Å². The Morgan fingerprint density at radius 1 is 1.04 bits per heavy atom. The summed E-state index contributed by atoms with van der Waals surface area (Å²) in [4.78, 5) is 38.0. The first-order chi connectivity index (χ1) is 13.1. The van der Waals surface area contributed by atoms with Gasteiger partial charge in [-0.15, -0.1) is 10.2 Å². The van der Waals surface area contributed by atoms with Crippen molar-refractivity contribution in [2.24, 2.45) is 0 Å². The smallest absolute Gasteiger partial charge is 0.244 e. The molecule has 27 heavy (non-hydrogen) atoms. The SMILES string of the molecule is N#Cc1nncn1CC(=O)Nc1cccc2c1C(=O)c1ccccc1C2=O. The van der Waals surface area contributed by atoms with Gasteiger partial charge < -0.3 is 5.32 Å². The molecule has 1 heterocycles. The molecule has 1 aliphatic rings. The van der Waals surface area contributed by atoms with E-state index in [9.17, 15) is 14.4 Å². The van der Waals surface area contributed by atoms with Crippen LogP contribution in [-0.2, 0) is 11.3 Å². The van der Waals surface area contributed by atoms with Crippen LogP contribution < -0.4 is 5.32 Å². The first-order valence-corrected chi connectivity index (χ1v) is 7.99. The number of hydrogen-bond acceptors (Lipinski definition) is 6. The van der Waals surface area contributed by atoms with Crippen LogP contribution in [-0.4, -0.2) is 32.2 Å². The van der Waals surface area contributed by atoms with E-state index in [1.807, 2.05) is 6.07 Å². The van der Waals surface area contributed by atoms with E-state index < -0.39 is 5.91 Å². The Balaban J connectivity index is 1.68. The van der Waals surface area contributed by atoms with Crippen LogP contribution >= 0.6 is 0 Å². The number of fused-ring (bicyclic) bond motifs is 2. The number of benzene rings is 2. The fraction of sp³-hybridized carbons (Fsp3) is 0.0526. The van der Waals surface area contributed by atoms with Crippen LogP contribution in [0.25, 0.3) is 0 Å². The minimum absolute atomic E-state index is 0.000391. The second-order valence-electron chi connectivity index (χ2n) is 5.87. The normalized spacial score (nSPS) is 12.1. The van der Waals surface area contributed by atoms with E-state index in [0.29, 0.717) is 11.1 Å². The van der Waals surface area contributed by atoms with Crippen molar-refractivity contribution in [3.63, 3.8) is 0 Å². The van der Waals surface area contributed by atoms with Crippen molar-refractivity contribution in [2.75, 3.05) is 5.32 Å². The predicted molar refractivity (Wildman–Crippen MR) is 93.1 cm³/mol. The average molecular weight is 357 g/mol. The minimum Gasteiger partial charge on any atom is -0.324 e. The summed E-state index contributed by atoms with van der Waals surface area (Å²) >= 11 is 0. The molecular formula is C19H11N5O3. The third-order valence-electron chi connectivity index (χ3n) is 4.26.